The molecule has 0 aromatic heterocycles. The number of unbranched alkanes of at least 4 members (excludes halogenated alkanes) is 5. The molecular formula is C23H35N2+. The van der Waals surface area contributed by atoms with Crippen LogP contribution in [0.4, 0.5) is 0 Å². The molecule has 1 aromatic rings. The Morgan fingerprint density at radius 2 is 1.48 bits per heavy atom. The van der Waals surface area contributed by atoms with E-state index >= 15 is 0 Å². The summed E-state index contributed by atoms with van der Waals surface area (Å²) in [7, 11) is 0. The summed E-state index contributed by atoms with van der Waals surface area (Å²) >= 11 is 0. The standard InChI is InChI=1S/C23H35N2/c1-3-5-7-8-12-16-22(23-24-17-18-25-23)21(15-6-4-2)19-20-13-10-9-11-14-20/h9-11,13-14,17-18,21-22H,3-8,12,15-16,19H2,1-2H3/q+1. The lowest BCUT2D eigenvalue weighted by molar-refractivity contribution is 0.286. The second-order valence-electron chi connectivity index (χ2n) is 7.32. The van der Waals surface area contributed by atoms with Crippen LogP contribution < -0.4 is 0 Å². The van der Waals surface area contributed by atoms with E-state index in [1.54, 1.807) is 0 Å². The van der Waals surface area contributed by atoms with E-state index in [4.69, 9.17) is 0 Å². The van der Waals surface area contributed by atoms with Crippen LogP contribution in [0, 0.1) is 18.0 Å². The normalized spacial score (nSPS) is 15.7. The zero-order valence-corrected chi connectivity index (χ0v) is 16.2. The Bertz CT molecular complexity index is 494. The van der Waals surface area contributed by atoms with Gasteiger partial charge in [0.15, 0.2) is 12.4 Å². The van der Waals surface area contributed by atoms with Crippen molar-refractivity contribution in [1.29, 1.82) is 0 Å². The van der Waals surface area contributed by atoms with E-state index in [1.807, 2.05) is 12.4 Å². The predicted octanol–water partition coefficient (Wildman–Crippen LogP) is 6.66. The van der Waals surface area contributed by atoms with Gasteiger partial charge in [-0.25, -0.2) is 0 Å². The fourth-order valence-corrected chi connectivity index (χ4v) is 3.82. The first-order chi connectivity index (χ1) is 12.3. The highest BCUT2D eigenvalue weighted by atomic mass is 15.0. The second-order valence-corrected chi connectivity index (χ2v) is 7.32. The van der Waals surface area contributed by atoms with Crippen LogP contribution in [0.25, 0.3) is 0 Å². The Morgan fingerprint density at radius 3 is 2.16 bits per heavy atom. The van der Waals surface area contributed by atoms with Crippen LogP contribution in [0.1, 0.15) is 77.2 Å². The Hall–Kier alpha value is -1.57. The third-order valence-electron chi connectivity index (χ3n) is 5.27. The van der Waals surface area contributed by atoms with E-state index in [1.165, 1.54) is 63.4 Å². The SMILES string of the molecule is CCCCCCCC([C+]1N=CC=N1)C(CCCC)Cc1ccccc1. The summed E-state index contributed by atoms with van der Waals surface area (Å²) in [6.45, 7) is 4.57. The monoisotopic (exact) mass is 339 g/mol. The fourth-order valence-electron chi connectivity index (χ4n) is 3.82. The van der Waals surface area contributed by atoms with Gasteiger partial charge in [-0.1, -0.05) is 99.1 Å². The summed E-state index contributed by atoms with van der Waals surface area (Å²) in [5.41, 5.74) is 1.45. The summed E-state index contributed by atoms with van der Waals surface area (Å²) in [5, 5.41) is 0. The molecule has 0 amide bonds. The van der Waals surface area contributed by atoms with Gasteiger partial charge >= 0.3 is 0 Å². The third-order valence-corrected chi connectivity index (χ3v) is 5.27. The Labute approximate surface area is 154 Å². The number of aliphatic imine (C=N–C) groups is 2. The van der Waals surface area contributed by atoms with E-state index in [9.17, 15) is 0 Å². The molecule has 136 valence electrons. The molecule has 0 fully saturated rings. The average molecular weight is 340 g/mol. The highest BCUT2D eigenvalue weighted by molar-refractivity contribution is 6.18. The van der Waals surface area contributed by atoms with Crippen LogP contribution >= 0.6 is 0 Å². The number of rotatable bonds is 13. The van der Waals surface area contributed by atoms with Gasteiger partial charge in [0.25, 0.3) is 0 Å². The minimum absolute atomic E-state index is 0.503. The van der Waals surface area contributed by atoms with Gasteiger partial charge in [0.2, 0.25) is 6.17 Å². The number of hydrogen-bond donors (Lipinski definition) is 0. The molecule has 2 unspecified atom stereocenters. The summed E-state index contributed by atoms with van der Waals surface area (Å²) in [5.74, 6) is 1.15. The molecule has 1 heterocycles. The fraction of sp³-hybridized carbons (Fsp3) is 0.609. The molecule has 0 aliphatic carbocycles. The van der Waals surface area contributed by atoms with Gasteiger partial charge in [-0.2, -0.15) is 0 Å². The number of benzene rings is 1. The summed E-state index contributed by atoms with van der Waals surface area (Å²) in [4.78, 5) is 9.18. The van der Waals surface area contributed by atoms with Crippen molar-refractivity contribution in [2.75, 3.05) is 0 Å². The quantitative estimate of drug-likeness (QED) is 0.284. The molecule has 2 nitrogen and oxygen atoms in total. The maximum atomic E-state index is 4.59. The zero-order chi connectivity index (χ0) is 17.7. The maximum absolute atomic E-state index is 4.59. The molecule has 0 N–H and O–H groups in total. The lowest BCUT2D eigenvalue weighted by Gasteiger charge is -2.26. The van der Waals surface area contributed by atoms with Gasteiger partial charge in [0.05, 0.1) is 5.92 Å². The molecule has 1 aromatic carbocycles. The van der Waals surface area contributed by atoms with Crippen molar-refractivity contribution in [2.45, 2.75) is 78.1 Å². The Balaban J connectivity index is 2.02. The van der Waals surface area contributed by atoms with Crippen molar-refractivity contribution in [1.82, 2.24) is 0 Å². The molecule has 25 heavy (non-hydrogen) atoms. The van der Waals surface area contributed by atoms with Crippen LogP contribution in [0.5, 0.6) is 0 Å². The molecule has 0 saturated carbocycles. The van der Waals surface area contributed by atoms with Gasteiger partial charge in [0, 0.05) is 0 Å². The first-order valence-electron chi connectivity index (χ1n) is 10.3. The summed E-state index contributed by atoms with van der Waals surface area (Å²) in [6.07, 6.45) is 17.7. The first kappa shape index (κ1) is 19.8. The predicted molar refractivity (Wildman–Crippen MR) is 110 cm³/mol. The Kier molecular flexibility index (Phi) is 9.40. The van der Waals surface area contributed by atoms with Gasteiger partial charge in [-0.15, -0.1) is 0 Å². The van der Waals surface area contributed by atoms with Gasteiger partial charge < -0.3 is 0 Å². The molecule has 2 atom stereocenters. The van der Waals surface area contributed by atoms with Crippen LogP contribution in [-0.2, 0) is 6.42 Å². The van der Waals surface area contributed by atoms with Crippen LogP contribution in [0.15, 0.2) is 40.3 Å². The summed E-state index contributed by atoms with van der Waals surface area (Å²) in [6, 6.07) is 11.0. The number of nitrogens with zero attached hydrogens (tertiary/aromatic N) is 2. The van der Waals surface area contributed by atoms with Crippen LogP contribution in [-0.4, -0.2) is 12.4 Å². The Morgan fingerprint density at radius 1 is 0.800 bits per heavy atom. The van der Waals surface area contributed by atoms with Gasteiger partial charge in [0.1, 0.15) is 0 Å². The minimum atomic E-state index is 0.503. The largest absolute Gasteiger partial charge is 0.244 e. The molecule has 0 spiro atoms. The lowest BCUT2D eigenvalue weighted by atomic mass is 9.78. The van der Waals surface area contributed by atoms with Gasteiger partial charge in [-0.3, -0.25) is 0 Å². The molecule has 2 heteroatoms. The van der Waals surface area contributed by atoms with Gasteiger partial charge in [-0.05, 0) is 30.7 Å². The number of hydrogen-bond acceptors (Lipinski definition) is 2. The highest BCUT2D eigenvalue weighted by Gasteiger charge is 2.35. The second kappa shape index (κ2) is 11.9. The van der Waals surface area contributed by atoms with E-state index in [0.29, 0.717) is 11.8 Å². The van der Waals surface area contributed by atoms with E-state index in [0.717, 1.165) is 12.6 Å². The van der Waals surface area contributed by atoms with Crippen LogP contribution in [0.2, 0.25) is 0 Å². The van der Waals surface area contributed by atoms with E-state index < -0.39 is 0 Å². The van der Waals surface area contributed by atoms with Crippen molar-refractivity contribution in [3.05, 3.63) is 42.1 Å². The first-order valence-corrected chi connectivity index (χ1v) is 10.3. The molecule has 0 radical (unpaired) electrons. The molecule has 0 bridgehead atoms. The third kappa shape index (κ3) is 7.05. The van der Waals surface area contributed by atoms with E-state index in [2.05, 4.69) is 54.2 Å². The van der Waals surface area contributed by atoms with Crippen molar-refractivity contribution < 1.29 is 0 Å². The lowest BCUT2D eigenvalue weighted by Crippen LogP contribution is -2.22. The summed E-state index contributed by atoms with van der Waals surface area (Å²) < 4.78 is 0. The maximum Gasteiger partial charge on any atom is 0.244 e. The van der Waals surface area contributed by atoms with Crippen molar-refractivity contribution in [2.24, 2.45) is 21.8 Å². The molecular weight excluding hydrogens is 304 g/mol. The van der Waals surface area contributed by atoms with Crippen molar-refractivity contribution in [3.8, 4) is 0 Å². The van der Waals surface area contributed by atoms with Crippen molar-refractivity contribution in [3.63, 3.8) is 0 Å². The smallest absolute Gasteiger partial charge is 0.0965 e. The zero-order valence-electron chi connectivity index (χ0n) is 16.2. The average Bonchev–Trinajstić information content (AvgIpc) is 3.17. The van der Waals surface area contributed by atoms with E-state index in [-0.39, 0.29) is 0 Å². The topological polar surface area (TPSA) is 24.7 Å². The minimum Gasteiger partial charge on any atom is -0.0965 e. The van der Waals surface area contributed by atoms with Crippen LogP contribution in [0.3, 0.4) is 0 Å². The van der Waals surface area contributed by atoms with Crippen molar-refractivity contribution >= 4 is 12.4 Å². The molecule has 0 saturated heterocycles. The highest BCUT2D eigenvalue weighted by Crippen LogP contribution is 2.36. The molecule has 2 rings (SSSR count). The molecule has 1 aliphatic heterocycles. The molecule has 1 aliphatic rings.